The number of rotatable bonds is 1. The van der Waals surface area contributed by atoms with Gasteiger partial charge in [0, 0.05) is 10.1 Å². The third-order valence-corrected chi connectivity index (χ3v) is 4.43. The van der Waals surface area contributed by atoms with Gasteiger partial charge in [0.15, 0.2) is 0 Å². The van der Waals surface area contributed by atoms with Crippen molar-refractivity contribution in [3.05, 3.63) is 28.6 Å². The van der Waals surface area contributed by atoms with E-state index in [1.165, 1.54) is 0 Å². The number of benzene rings is 1. The maximum Gasteiger partial charge on any atom is 0.240 e. The van der Waals surface area contributed by atoms with Crippen molar-refractivity contribution in [3.63, 3.8) is 0 Å². The van der Waals surface area contributed by atoms with E-state index in [1.807, 2.05) is 12.1 Å². The van der Waals surface area contributed by atoms with Crippen LogP contribution >= 0.6 is 11.3 Å². The Kier molecular flexibility index (Phi) is 2.46. The molecule has 0 atom stereocenters. The molecule has 2 aromatic rings. The Balaban J connectivity index is 3.06. The molecule has 0 amide bonds. The summed E-state index contributed by atoms with van der Waals surface area (Å²) in [7, 11) is -3.86. The number of hydrogen-bond acceptors (Lipinski definition) is 4. The molecule has 1 aromatic carbocycles. The van der Waals surface area contributed by atoms with Gasteiger partial charge in [-0.2, -0.15) is 5.26 Å². The number of primary sulfonamides is 1. The molecule has 0 aliphatic rings. The Morgan fingerprint density at radius 1 is 1.44 bits per heavy atom. The zero-order chi connectivity index (χ0) is 11.9. The Morgan fingerprint density at radius 2 is 2.12 bits per heavy atom. The Labute approximate surface area is 97.0 Å². The van der Waals surface area contributed by atoms with Crippen molar-refractivity contribution < 1.29 is 8.42 Å². The molecule has 6 heteroatoms. The molecule has 0 unspecified atom stereocenters. The van der Waals surface area contributed by atoms with Crippen molar-refractivity contribution in [2.45, 2.75) is 11.8 Å². The van der Waals surface area contributed by atoms with Crippen LogP contribution in [0.15, 0.2) is 23.1 Å². The molecular weight excluding hydrogens is 244 g/mol. The van der Waals surface area contributed by atoms with Gasteiger partial charge in [-0.3, -0.25) is 0 Å². The number of thiophene rings is 1. The summed E-state index contributed by atoms with van der Waals surface area (Å²) in [5.41, 5.74) is 0.805. The summed E-state index contributed by atoms with van der Waals surface area (Å²) in [6.07, 6.45) is 0. The van der Waals surface area contributed by atoms with E-state index in [9.17, 15) is 8.42 Å². The van der Waals surface area contributed by atoms with Crippen LogP contribution in [0.2, 0.25) is 0 Å². The molecule has 1 heterocycles. The highest BCUT2D eigenvalue weighted by Gasteiger charge is 2.22. The van der Waals surface area contributed by atoms with Crippen LogP contribution < -0.4 is 5.14 Å². The summed E-state index contributed by atoms with van der Waals surface area (Å²) < 4.78 is 23.7. The van der Waals surface area contributed by atoms with E-state index in [2.05, 4.69) is 0 Å². The van der Waals surface area contributed by atoms with Gasteiger partial charge in [-0.05, 0) is 18.6 Å². The molecule has 0 aliphatic heterocycles. The van der Waals surface area contributed by atoms with E-state index in [1.54, 1.807) is 19.1 Å². The largest absolute Gasteiger partial charge is 0.240 e. The minimum Gasteiger partial charge on any atom is -0.225 e. The predicted octanol–water partition coefficient (Wildman–Crippen LogP) is 1.73. The first-order valence-electron chi connectivity index (χ1n) is 4.40. The molecule has 0 bridgehead atoms. The average molecular weight is 252 g/mol. The molecule has 4 nitrogen and oxygen atoms in total. The minimum atomic E-state index is -3.86. The zero-order valence-electron chi connectivity index (χ0n) is 8.39. The van der Waals surface area contributed by atoms with Crippen LogP contribution in [0.1, 0.15) is 10.4 Å². The standard InChI is InChI=1S/C10H8N2O2S2/c1-6-3-2-4-7-9(6)10(16(12,13)14)8(5-11)15-7/h2-4H,1H3,(H2,12,13,14). The fourth-order valence-corrected chi connectivity index (χ4v) is 4.00. The van der Waals surface area contributed by atoms with Crippen LogP contribution in [-0.4, -0.2) is 8.42 Å². The maximum absolute atomic E-state index is 11.5. The molecule has 2 rings (SSSR count). The number of nitriles is 1. The van der Waals surface area contributed by atoms with Crippen molar-refractivity contribution in [3.8, 4) is 6.07 Å². The quantitative estimate of drug-likeness (QED) is 0.838. The lowest BCUT2D eigenvalue weighted by molar-refractivity contribution is 0.598. The van der Waals surface area contributed by atoms with E-state index >= 15 is 0 Å². The van der Waals surface area contributed by atoms with Gasteiger partial charge in [-0.1, -0.05) is 12.1 Å². The molecule has 82 valence electrons. The second-order valence-corrected chi connectivity index (χ2v) is 5.92. The van der Waals surface area contributed by atoms with Gasteiger partial charge in [0.2, 0.25) is 10.0 Å². The molecule has 0 radical (unpaired) electrons. The average Bonchev–Trinajstić information content (AvgIpc) is 2.57. The van der Waals surface area contributed by atoms with Crippen molar-refractivity contribution in [1.82, 2.24) is 0 Å². The highest BCUT2D eigenvalue weighted by Crippen LogP contribution is 2.35. The fraction of sp³-hybridized carbons (Fsp3) is 0.100. The molecule has 16 heavy (non-hydrogen) atoms. The van der Waals surface area contributed by atoms with Crippen LogP contribution in [0.3, 0.4) is 0 Å². The molecule has 0 spiro atoms. The predicted molar refractivity (Wildman–Crippen MR) is 62.7 cm³/mol. The summed E-state index contributed by atoms with van der Waals surface area (Å²) in [5, 5.41) is 14.6. The molecule has 2 N–H and O–H groups in total. The topological polar surface area (TPSA) is 83.9 Å². The van der Waals surface area contributed by atoms with Gasteiger partial charge in [0.25, 0.3) is 0 Å². The van der Waals surface area contributed by atoms with Crippen LogP contribution in [0.25, 0.3) is 10.1 Å². The number of nitrogens with zero attached hydrogens (tertiary/aromatic N) is 1. The van der Waals surface area contributed by atoms with Crippen LogP contribution in [-0.2, 0) is 10.0 Å². The second kappa shape index (κ2) is 3.56. The lowest BCUT2D eigenvalue weighted by Crippen LogP contribution is -2.13. The molecular formula is C10H8N2O2S2. The fourth-order valence-electron chi connectivity index (χ4n) is 1.63. The Morgan fingerprint density at radius 3 is 2.69 bits per heavy atom. The monoisotopic (exact) mass is 252 g/mol. The summed E-state index contributed by atoms with van der Waals surface area (Å²) in [5.74, 6) is 0. The maximum atomic E-state index is 11.5. The summed E-state index contributed by atoms with van der Waals surface area (Å²) in [6, 6.07) is 7.28. The highest BCUT2D eigenvalue weighted by molar-refractivity contribution is 7.89. The normalized spacial score (nSPS) is 11.6. The molecule has 0 saturated heterocycles. The second-order valence-electron chi connectivity index (χ2n) is 3.37. The first-order valence-corrected chi connectivity index (χ1v) is 6.76. The van der Waals surface area contributed by atoms with Gasteiger partial charge in [0.1, 0.15) is 15.8 Å². The summed E-state index contributed by atoms with van der Waals surface area (Å²) >= 11 is 1.14. The van der Waals surface area contributed by atoms with E-state index < -0.39 is 10.0 Å². The summed E-state index contributed by atoms with van der Waals surface area (Å²) in [6.45, 7) is 1.80. The Bertz CT molecular complexity index is 708. The van der Waals surface area contributed by atoms with Gasteiger partial charge < -0.3 is 0 Å². The molecule has 0 fully saturated rings. The lowest BCUT2D eigenvalue weighted by Gasteiger charge is -1.99. The number of hydrogen-bond donors (Lipinski definition) is 1. The number of nitrogens with two attached hydrogens (primary N) is 1. The van der Waals surface area contributed by atoms with E-state index in [0.29, 0.717) is 5.39 Å². The van der Waals surface area contributed by atoms with Crippen LogP contribution in [0.5, 0.6) is 0 Å². The van der Waals surface area contributed by atoms with Crippen molar-refractivity contribution in [2.24, 2.45) is 5.14 Å². The van der Waals surface area contributed by atoms with Gasteiger partial charge >= 0.3 is 0 Å². The van der Waals surface area contributed by atoms with Gasteiger partial charge in [0.05, 0.1) is 0 Å². The van der Waals surface area contributed by atoms with E-state index in [0.717, 1.165) is 21.6 Å². The smallest absolute Gasteiger partial charge is 0.225 e. The number of aryl methyl sites for hydroxylation is 1. The number of sulfonamides is 1. The molecule has 0 saturated carbocycles. The van der Waals surface area contributed by atoms with Crippen LogP contribution in [0.4, 0.5) is 0 Å². The van der Waals surface area contributed by atoms with Gasteiger partial charge in [-0.25, -0.2) is 13.6 Å². The van der Waals surface area contributed by atoms with Gasteiger partial charge in [-0.15, -0.1) is 11.3 Å². The first kappa shape index (κ1) is 11.1. The SMILES string of the molecule is Cc1cccc2sc(C#N)c(S(N)(=O)=O)c12. The van der Waals surface area contributed by atoms with Crippen molar-refractivity contribution in [2.75, 3.05) is 0 Å². The van der Waals surface area contributed by atoms with Crippen molar-refractivity contribution in [1.29, 1.82) is 5.26 Å². The minimum absolute atomic E-state index is 0.0481. The van der Waals surface area contributed by atoms with E-state index in [-0.39, 0.29) is 9.77 Å². The molecule has 0 aliphatic carbocycles. The lowest BCUT2D eigenvalue weighted by atomic mass is 10.1. The van der Waals surface area contributed by atoms with E-state index in [4.69, 9.17) is 10.4 Å². The zero-order valence-corrected chi connectivity index (χ0v) is 10.0. The first-order chi connectivity index (χ1) is 7.45. The Hall–Kier alpha value is -1.42. The van der Waals surface area contributed by atoms with Crippen molar-refractivity contribution >= 4 is 31.4 Å². The third kappa shape index (κ3) is 1.59. The third-order valence-electron chi connectivity index (χ3n) is 2.27. The highest BCUT2D eigenvalue weighted by atomic mass is 32.2. The molecule has 1 aromatic heterocycles. The van der Waals surface area contributed by atoms with Crippen LogP contribution in [0, 0.1) is 18.3 Å². The summed E-state index contributed by atoms with van der Waals surface area (Å²) in [4.78, 5) is 0.0971. The number of fused-ring (bicyclic) bond motifs is 1.